The fraction of sp³-hybridized carbons (Fsp3) is 0. The van der Waals surface area contributed by atoms with Gasteiger partial charge >= 0.3 is 0 Å². The molecular weight excluding hydrogens is 488 g/mol. The van der Waals surface area contributed by atoms with Crippen molar-refractivity contribution in [2.24, 2.45) is 0 Å². The van der Waals surface area contributed by atoms with E-state index >= 15 is 0 Å². The molecule has 0 bridgehead atoms. The van der Waals surface area contributed by atoms with E-state index in [-0.39, 0.29) is 20.1 Å². The molecule has 0 saturated heterocycles. The third kappa shape index (κ3) is 3.53. The summed E-state index contributed by atoms with van der Waals surface area (Å²) in [5.74, 6) is 0. The third-order valence-electron chi connectivity index (χ3n) is 3.72. The van der Waals surface area contributed by atoms with Gasteiger partial charge in [0.25, 0.3) is 0 Å². The first-order valence-corrected chi connectivity index (χ1v) is 7.67. The zero-order valence-corrected chi connectivity index (χ0v) is 15.6. The van der Waals surface area contributed by atoms with Crippen molar-refractivity contribution < 1.29 is 20.1 Å². The molecule has 0 aliphatic heterocycles. The molecule has 0 saturated carbocycles. The Bertz CT molecular complexity index is 887. The smallest absolute Gasteiger partial charge is 0.0986 e. The number of rotatable bonds is 3. The van der Waals surface area contributed by atoms with Gasteiger partial charge in [0.2, 0.25) is 0 Å². The normalized spacial score (nSPS) is 10.1. The van der Waals surface area contributed by atoms with Crippen molar-refractivity contribution in [2.75, 3.05) is 0 Å². The van der Waals surface area contributed by atoms with E-state index in [9.17, 15) is 0 Å². The summed E-state index contributed by atoms with van der Waals surface area (Å²) in [4.78, 5) is 18.1. The van der Waals surface area contributed by atoms with Gasteiger partial charge in [-0.15, -0.1) is 0 Å². The van der Waals surface area contributed by atoms with Crippen LogP contribution in [0.5, 0.6) is 0 Å². The second kappa shape index (κ2) is 7.88. The van der Waals surface area contributed by atoms with Crippen molar-refractivity contribution >= 4 is 0 Å². The van der Waals surface area contributed by atoms with Crippen LogP contribution in [0, 0.1) is 0 Å². The number of hydrogen-bond donors (Lipinski definition) is 0. The molecule has 4 aromatic heterocycles. The Hall–Kier alpha value is -2.75. The summed E-state index contributed by atoms with van der Waals surface area (Å²) in [7, 11) is 0. The molecule has 4 rings (SSSR count). The average molecular weight is 503 g/mol. The van der Waals surface area contributed by atoms with Gasteiger partial charge < -0.3 is 0 Å². The molecule has 0 aromatic carbocycles. The first kappa shape index (κ1) is 17.1. The molecule has 4 nitrogen and oxygen atoms in total. The minimum Gasteiger partial charge on any atom is -0.256 e. The molecule has 0 atom stereocenters. The summed E-state index contributed by atoms with van der Waals surface area (Å²) in [6, 6.07) is 19.5. The van der Waals surface area contributed by atoms with Gasteiger partial charge in [-0.3, -0.25) is 19.9 Å². The van der Waals surface area contributed by atoms with Crippen molar-refractivity contribution in [3.63, 3.8) is 0 Å². The van der Waals surface area contributed by atoms with Crippen LogP contribution in [0.2, 0.25) is 0 Å². The predicted molar refractivity (Wildman–Crippen MR) is 93.9 cm³/mol. The molecule has 0 N–H and O–H groups in total. The molecule has 4 aromatic rings. The van der Waals surface area contributed by atoms with E-state index in [1.54, 1.807) is 24.8 Å². The van der Waals surface area contributed by atoms with E-state index in [0.717, 1.165) is 33.9 Å². The van der Waals surface area contributed by atoms with Gasteiger partial charge in [-0.1, -0.05) is 18.2 Å². The third-order valence-corrected chi connectivity index (χ3v) is 3.72. The maximum atomic E-state index is 4.58. The molecule has 1 radical (unpaired) electrons. The average Bonchev–Trinajstić information content (AvgIpc) is 2.69. The minimum atomic E-state index is 0. The fourth-order valence-corrected chi connectivity index (χ4v) is 2.66. The molecule has 0 unspecified atom stereocenters. The zero-order chi connectivity index (χ0) is 16.2. The second-order valence-corrected chi connectivity index (χ2v) is 5.23. The van der Waals surface area contributed by atoms with Crippen LogP contribution in [0.15, 0.2) is 85.5 Å². The fourth-order valence-electron chi connectivity index (χ4n) is 2.66. The van der Waals surface area contributed by atoms with E-state index in [4.69, 9.17) is 0 Å². The van der Waals surface area contributed by atoms with E-state index in [1.165, 1.54) is 0 Å². The topological polar surface area (TPSA) is 51.6 Å². The molecule has 123 valence electrons. The molecule has 0 aliphatic rings. The maximum absolute atomic E-state index is 4.58. The number of pyridine rings is 4. The van der Waals surface area contributed by atoms with Crippen LogP contribution in [0.25, 0.3) is 33.9 Å². The van der Waals surface area contributed by atoms with Gasteiger partial charge in [0, 0.05) is 56.0 Å². The predicted octanol–water partition coefficient (Wildman–Crippen LogP) is 4.27. The van der Waals surface area contributed by atoms with Crippen LogP contribution in [0.4, 0.5) is 0 Å². The summed E-state index contributed by atoms with van der Waals surface area (Å²) in [5, 5.41) is 0. The van der Waals surface area contributed by atoms with Crippen LogP contribution in [0.3, 0.4) is 0 Å². The van der Waals surface area contributed by atoms with Crippen molar-refractivity contribution in [2.45, 2.75) is 0 Å². The summed E-state index contributed by atoms with van der Waals surface area (Å²) in [6.45, 7) is 0. The summed E-state index contributed by atoms with van der Waals surface area (Å²) in [6.07, 6.45) is 7.14. The van der Waals surface area contributed by atoms with Crippen LogP contribution < -0.4 is 0 Å². The largest absolute Gasteiger partial charge is 0.256 e. The Kier molecular flexibility index (Phi) is 5.39. The van der Waals surface area contributed by atoms with Gasteiger partial charge in [0.05, 0.1) is 22.8 Å². The minimum absolute atomic E-state index is 0. The Morgan fingerprint density at radius 3 is 1.60 bits per heavy atom. The van der Waals surface area contributed by atoms with Crippen LogP contribution in [0.1, 0.15) is 0 Å². The van der Waals surface area contributed by atoms with E-state index < -0.39 is 0 Å². The SMILES string of the molecule is [Ir].c1ccc(-c2ccnc(-c3ccccn3)c2-c2ccccn2)nc1. The van der Waals surface area contributed by atoms with E-state index in [0.29, 0.717) is 0 Å². The molecule has 5 heteroatoms. The molecule has 4 heterocycles. The molecular formula is C20H14IrN4. The number of aromatic nitrogens is 4. The van der Waals surface area contributed by atoms with Crippen LogP contribution in [-0.4, -0.2) is 19.9 Å². The van der Waals surface area contributed by atoms with Crippen molar-refractivity contribution in [3.05, 3.63) is 85.5 Å². The summed E-state index contributed by atoms with van der Waals surface area (Å²) >= 11 is 0. The van der Waals surface area contributed by atoms with Crippen LogP contribution >= 0.6 is 0 Å². The molecule has 0 amide bonds. The molecule has 0 spiro atoms. The Morgan fingerprint density at radius 1 is 0.480 bits per heavy atom. The van der Waals surface area contributed by atoms with E-state index in [2.05, 4.69) is 19.9 Å². The van der Waals surface area contributed by atoms with Crippen molar-refractivity contribution in [1.82, 2.24) is 19.9 Å². The van der Waals surface area contributed by atoms with Crippen molar-refractivity contribution in [3.8, 4) is 33.9 Å². The first-order chi connectivity index (χ1) is 11.9. The Balaban J connectivity index is 0.00000182. The molecule has 0 fully saturated rings. The summed E-state index contributed by atoms with van der Waals surface area (Å²) < 4.78 is 0. The van der Waals surface area contributed by atoms with E-state index in [1.807, 2.05) is 60.7 Å². The van der Waals surface area contributed by atoms with Gasteiger partial charge in [-0.2, -0.15) is 0 Å². The molecule has 0 aliphatic carbocycles. The second-order valence-electron chi connectivity index (χ2n) is 5.23. The van der Waals surface area contributed by atoms with Crippen LogP contribution in [-0.2, 0) is 20.1 Å². The standard InChI is InChI=1S/C20H14N4.Ir/c1-4-11-21-16(7-1)15-10-14-24-20(18-9-3-6-13-23-18)19(15)17-8-2-5-12-22-17;/h1-14H;. The van der Waals surface area contributed by atoms with Gasteiger partial charge in [-0.25, -0.2) is 0 Å². The monoisotopic (exact) mass is 503 g/mol. The number of hydrogen-bond acceptors (Lipinski definition) is 4. The van der Waals surface area contributed by atoms with Gasteiger partial charge in [0.1, 0.15) is 0 Å². The number of nitrogens with zero attached hydrogens (tertiary/aromatic N) is 4. The first-order valence-electron chi connectivity index (χ1n) is 7.67. The molecule has 25 heavy (non-hydrogen) atoms. The maximum Gasteiger partial charge on any atom is 0.0986 e. The summed E-state index contributed by atoms with van der Waals surface area (Å²) in [5.41, 5.74) is 5.29. The Morgan fingerprint density at radius 2 is 1.04 bits per heavy atom. The Labute approximate surface area is 159 Å². The van der Waals surface area contributed by atoms with Gasteiger partial charge in [-0.05, 0) is 42.5 Å². The van der Waals surface area contributed by atoms with Gasteiger partial charge in [0.15, 0.2) is 0 Å². The quantitative estimate of drug-likeness (QED) is 0.420. The zero-order valence-electron chi connectivity index (χ0n) is 13.2. The van der Waals surface area contributed by atoms with Crippen molar-refractivity contribution in [1.29, 1.82) is 0 Å².